The van der Waals surface area contributed by atoms with Crippen molar-refractivity contribution in [2.45, 2.75) is 25.4 Å². The Bertz CT molecular complexity index is 265. The van der Waals surface area contributed by atoms with Crippen LogP contribution in [-0.4, -0.2) is 61.4 Å². The Balaban J connectivity index is 2.87. The summed E-state index contributed by atoms with van der Waals surface area (Å²) < 4.78 is 0. The summed E-state index contributed by atoms with van der Waals surface area (Å²) in [6, 6.07) is -0.226. The third kappa shape index (κ3) is 2.28. The van der Waals surface area contributed by atoms with Gasteiger partial charge < -0.3 is 15.1 Å². The van der Waals surface area contributed by atoms with Gasteiger partial charge in [0.1, 0.15) is 6.04 Å². The molecule has 1 heterocycles. The highest BCUT2D eigenvalue weighted by atomic mass is 16.2. The Kier molecular flexibility index (Phi) is 3.68. The van der Waals surface area contributed by atoms with Gasteiger partial charge in [0.05, 0.1) is 0 Å². The zero-order valence-corrected chi connectivity index (χ0v) is 9.78. The molecule has 1 aliphatic heterocycles. The van der Waals surface area contributed by atoms with Gasteiger partial charge in [0.15, 0.2) is 0 Å². The molecule has 0 aliphatic carbocycles. The van der Waals surface area contributed by atoms with E-state index in [2.05, 4.69) is 5.32 Å². The second-order valence-corrected chi connectivity index (χ2v) is 4.09. The van der Waals surface area contributed by atoms with Crippen LogP contribution in [0, 0.1) is 0 Å². The Hall–Kier alpha value is -1.10. The van der Waals surface area contributed by atoms with Crippen LogP contribution in [0.25, 0.3) is 0 Å². The molecule has 15 heavy (non-hydrogen) atoms. The molecule has 1 fully saturated rings. The molecular formula is C10H19N3O2. The molecule has 1 saturated heterocycles. The minimum absolute atomic E-state index is 0.0343. The molecule has 5 heteroatoms. The van der Waals surface area contributed by atoms with Crippen molar-refractivity contribution >= 4 is 11.8 Å². The van der Waals surface area contributed by atoms with Crippen molar-refractivity contribution in [3.63, 3.8) is 0 Å². The lowest BCUT2D eigenvalue weighted by atomic mass is 10.1. The van der Waals surface area contributed by atoms with E-state index in [-0.39, 0.29) is 23.9 Å². The highest BCUT2D eigenvalue weighted by Crippen LogP contribution is 2.21. The number of amides is 2. The van der Waals surface area contributed by atoms with Crippen molar-refractivity contribution in [1.29, 1.82) is 0 Å². The lowest BCUT2D eigenvalue weighted by Gasteiger charge is -2.29. The summed E-state index contributed by atoms with van der Waals surface area (Å²) in [6.07, 6.45) is 0.852. The number of carbonyl (C=O) groups is 2. The molecule has 0 radical (unpaired) electrons. The van der Waals surface area contributed by atoms with Gasteiger partial charge in [-0.1, -0.05) is 0 Å². The summed E-state index contributed by atoms with van der Waals surface area (Å²) in [6.45, 7) is 2.17. The van der Waals surface area contributed by atoms with Crippen LogP contribution in [0.4, 0.5) is 0 Å². The molecular weight excluding hydrogens is 194 g/mol. The number of nitrogens with zero attached hydrogens (tertiary/aromatic N) is 2. The number of carbonyl (C=O) groups excluding carboxylic acids is 2. The average molecular weight is 213 g/mol. The van der Waals surface area contributed by atoms with Crippen LogP contribution in [-0.2, 0) is 9.59 Å². The molecule has 1 N–H and O–H groups in total. The zero-order chi connectivity index (χ0) is 11.6. The maximum absolute atomic E-state index is 11.7. The van der Waals surface area contributed by atoms with Crippen molar-refractivity contribution in [3.8, 4) is 0 Å². The first-order valence-corrected chi connectivity index (χ1v) is 5.14. The summed E-state index contributed by atoms with van der Waals surface area (Å²) in [5, 5.41) is 2.62. The van der Waals surface area contributed by atoms with Crippen molar-refractivity contribution in [1.82, 2.24) is 15.1 Å². The summed E-state index contributed by atoms with van der Waals surface area (Å²) in [5.41, 5.74) is 0. The van der Waals surface area contributed by atoms with Crippen molar-refractivity contribution in [3.05, 3.63) is 0 Å². The molecule has 0 unspecified atom stereocenters. The van der Waals surface area contributed by atoms with Gasteiger partial charge in [0.2, 0.25) is 11.8 Å². The van der Waals surface area contributed by atoms with Crippen LogP contribution in [0.3, 0.4) is 0 Å². The minimum atomic E-state index is -0.345. The van der Waals surface area contributed by atoms with E-state index >= 15 is 0 Å². The Morgan fingerprint density at radius 1 is 1.40 bits per heavy atom. The lowest BCUT2D eigenvalue weighted by molar-refractivity contribution is -0.137. The molecule has 0 saturated carbocycles. The van der Waals surface area contributed by atoms with Gasteiger partial charge in [-0.2, -0.15) is 0 Å². The quantitative estimate of drug-likeness (QED) is 0.659. The third-order valence-electron chi connectivity index (χ3n) is 2.95. The fraction of sp³-hybridized carbons (Fsp3) is 0.800. The van der Waals surface area contributed by atoms with Gasteiger partial charge in [-0.3, -0.25) is 9.59 Å². The van der Waals surface area contributed by atoms with E-state index in [4.69, 9.17) is 0 Å². The molecule has 5 nitrogen and oxygen atoms in total. The standard InChI is InChI=1S/C10H19N3O2/c1-7(14)13-6-5-8(12(3)4)9(13)10(15)11-2/h8-9H,5-6H2,1-4H3,(H,11,15)/t8-,9+/m1/s1. The molecule has 0 aromatic heterocycles. The van der Waals surface area contributed by atoms with E-state index in [1.165, 1.54) is 6.92 Å². The van der Waals surface area contributed by atoms with Crippen LogP contribution >= 0.6 is 0 Å². The predicted molar refractivity (Wildman–Crippen MR) is 57.3 cm³/mol. The van der Waals surface area contributed by atoms with Crippen LogP contribution in [0.5, 0.6) is 0 Å². The molecule has 2 atom stereocenters. The fourth-order valence-corrected chi connectivity index (χ4v) is 2.13. The second kappa shape index (κ2) is 4.61. The summed E-state index contributed by atoms with van der Waals surface area (Å²) in [4.78, 5) is 26.7. The molecule has 2 amide bonds. The van der Waals surface area contributed by atoms with Crippen LogP contribution in [0.1, 0.15) is 13.3 Å². The highest BCUT2D eigenvalue weighted by Gasteiger charge is 2.41. The third-order valence-corrected chi connectivity index (χ3v) is 2.95. The molecule has 1 aliphatic rings. The highest BCUT2D eigenvalue weighted by molar-refractivity contribution is 5.88. The second-order valence-electron chi connectivity index (χ2n) is 4.09. The van der Waals surface area contributed by atoms with Gasteiger partial charge >= 0.3 is 0 Å². The van der Waals surface area contributed by atoms with Gasteiger partial charge in [0.25, 0.3) is 0 Å². The monoisotopic (exact) mass is 213 g/mol. The summed E-state index contributed by atoms with van der Waals surface area (Å²) >= 11 is 0. The van der Waals surface area contributed by atoms with E-state index in [1.54, 1.807) is 11.9 Å². The zero-order valence-electron chi connectivity index (χ0n) is 9.78. The molecule has 1 rings (SSSR count). The van der Waals surface area contributed by atoms with Crippen LogP contribution in [0.15, 0.2) is 0 Å². The number of rotatable bonds is 2. The number of likely N-dealkylation sites (tertiary alicyclic amines) is 1. The van der Waals surface area contributed by atoms with Crippen molar-refractivity contribution in [2.75, 3.05) is 27.7 Å². The first-order valence-electron chi connectivity index (χ1n) is 5.14. The number of hydrogen-bond acceptors (Lipinski definition) is 3. The van der Waals surface area contributed by atoms with Crippen LogP contribution in [0.2, 0.25) is 0 Å². The topological polar surface area (TPSA) is 52.7 Å². The predicted octanol–water partition coefficient (Wildman–Crippen LogP) is -0.717. The first kappa shape index (κ1) is 12.0. The largest absolute Gasteiger partial charge is 0.357 e. The van der Waals surface area contributed by atoms with Gasteiger partial charge in [-0.15, -0.1) is 0 Å². The van der Waals surface area contributed by atoms with E-state index in [0.717, 1.165) is 6.42 Å². The van der Waals surface area contributed by atoms with E-state index in [1.807, 2.05) is 19.0 Å². The van der Waals surface area contributed by atoms with Crippen molar-refractivity contribution < 1.29 is 9.59 Å². The lowest BCUT2D eigenvalue weighted by Crippen LogP contribution is -2.52. The normalized spacial score (nSPS) is 25.8. The van der Waals surface area contributed by atoms with Crippen molar-refractivity contribution in [2.24, 2.45) is 0 Å². The van der Waals surface area contributed by atoms with E-state index in [0.29, 0.717) is 6.54 Å². The molecule has 0 bridgehead atoms. The van der Waals surface area contributed by atoms with Gasteiger partial charge in [-0.05, 0) is 20.5 Å². The van der Waals surface area contributed by atoms with Gasteiger partial charge in [0, 0.05) is 26.6 Å². The molecule has 0 aromatic carbocycles. The Morgan fingerprint density at radius 3 is 2.40 bits per heavy atom. The maximum Gasteiger partial charge on any atom is 0.244 e. The number of nitrogens with one attached hydrogen (secondary N) is 1. The summed E-state index contributed by atoms with van der Waals surface area (Å²) in [5.74, 6) is -0.116. The van der Waals surface area contributed by atoms with E-state index in [9.17, 15) is 9.59 Å². The first-order chi connectivity index (χ1) is 6.99. The molecule has 0 aromatic rings. The van der Waals surface area contributed by atoms with Gasteiger partial charge in [-0.25, -0.2) is 0 Å². The molecule has 86 valence electrons. The Morgan fingerprint density at radius 2 is 2.00 bits per heavy atom. The SMILES string of the molecule is CNC(=O)[C@@H]1[C@H](N(C)C)CCN1C(C)=O. The number of hydrogen-bond donors (Lipinski definition) is 1. The van der Waals surface area contributed by atoms with E-state index < -0.39 is 0 Å². The maximum atomic E-state index is 11.7. The Labute approximate surface area is 90.4 Å². The fourth-order valence-electron chi connectivity index (χ4n) is 2.13. The average Bonchev–Trinajstić information content (AvgIpc) is 2.60. The minimum Gasteiger partial charge on any atom is -0.357 e. The van der Waals surface area contributed by atoms with Crippen LogP contribution < -0.4 is 5.32 Å². The molecule has 0 spiro atoms. The number of likely N-dealkylation sites (N-methyl/N-ethyl adjacent to an activating group) is 2. The smallest absolute Gasteiger partial charge is 0.244 e. The summed E-state index contributed by atoms with van der Waals surface area (Å²) in [7, 11) is 5.47.